The molecule has 2 fully saturated rings. The Kier molecular flexibility index (Phi) is 3.63. The van der Waals surface area contributed by atoms with Crippen molar-refractivity contribution in [3.8, 4) is 0 Å². The van der Waals surface area contributed by atoms with Crippen LogP contribution in [0.25, 0.3) is 11.1 Å². The fourth-order valence-electron chi connectivity index (χ4n) is 3.21. The van der Waals surface area contributed by atoms with Crippen LogP contribution in [0.2, 0.25) is 0 Å². The molecule has 2 aliphatic rings. The highest BCUT2D eigenvalue weighted by Crippen LogP contribution is 2.35. The second kappa shape index (κ2) is 5.58. The molecule has 1 aliphatic carbocycles. The largest absolute Gasteiger partial charge is 0.440 e. The SMILES string of the molecule is CCS(=O)(=O)c1ccc2oc([C@@H]3CCN(C(=O)C4CC4)C3)nc2c1. The third-order valence-electron chi connectivity index (χ3n) is 4.89. The number of oxazole rings is 1. The molecule has 1 aliphatic heterocycles. The summed E-state index contributed by atoms with van der Waals surface area (Å²) < 4.78 is 29.8. The number of hydrogen-bond donors (Lipinski definition) is 0. The van der Waals surface area contributed by atoms with Crippen molar-refractivity contribution in [2.75, 3.05) is 18.8 Å². The highest BCUT2D eigenvalue weighted by atomic mass is 32.2. The molecule has 2 aromatic rings. The Hall–Kier alpha value is -1.89. The number of carbonyl (C=O) groups excluding carboxylic acids is 1. The zero-order valence-electron chi connectivity index (χ0n) is 13.6. The number of benzene rings is 1. The number of likely N-dealkylation sites (tertiary alicyclic amines) is 1. The second-order valence-electron chi connectivity index (χ2n) is 6.63. The Bertz CT molecular complexity index is 898. The lowest BCUT2D eigenvalue weighted by Gasteiger charge is -2.15. The van der Waals surface area contributed by atoms with Crippen LogP contribution in [0, 0.1) is 5.92 Å². The number of sulfone groups is 1. The van der Waals surface area contributed by atoms with Gasteiger partial charge in [0.25, 0.3) is 0 Å². The van der Waals surface area contributed by atoms with Gasteiger partial charge in [-0.05, 0) is 37.5 Å². The Balaban J connectivity index is 1.58. The first-order valence-corrected chi connectivity index (χ1v) is 10.0. The molecule has 1 aromatic carbocycles. The van der Waals surface area contributed by atoms with Crippen LogP contribution in [0.3, 0.4) is 0 Å². The van der Waals surface area contributed by atoms with Crippen LogP contribution in [0.1, 0.15) is 38.0 Å². The molecule has 1 atom stereocenters. The van der Waals surface area contributed by atoms with Crippen LogP contribution < -0.4 is 0 Å². The third-order valence-corrected chi connectivity index (χ3v) is 6.62. The van der Waals surface area contributed by atoms with Gasteiger partial charge in [-0.1, -0.05) is 6.92 Å². The number of aromatic nitrogens is 1. The average molecular weight is 348 g/mol. The summed E-state index contributed by atoms with van der Waals surface area (Å²) in [6.07, 6.45) is 2.86. The van der Waals surface area contributed by atoms with Crippen molar-refractivity contribution in [3.05, 3.63) is 24.1 Å². The lowest BCUT2D eigenvalue weighted by atomic mass is 10.1. The first kappa shape index (κ1) is 15.6. The van der Waals surface area contributed by atoms with Crippen molar-refractivity contribution in [1.29, 1.82) is 0 Å². The predicted molar refractivity (Wildman–Crippen MR) is 88.4 cm³/mol. The number of carbonyl (C=O) groups is 1. The van der Waals surface area contributed by atoms with Crippen LogP contribution in [0.4, 0.5) is 0 Å². The Morgan fingerprint density at radius 2 is 2.12 bits per heavy atom. The molecule has 6 nitrogen and oxygen atoms in total. The van der Waals surface area contributed by atoms with E-state index in [0.29, 0.717) is 23.5 Å². The molecule has 128 valence electrons. The quantitative estimate of drug-likeness (QED) is 0.847. The summed E-state index contributed by atoms with van der Waals surface area (Å²) in [5.41, 5.74) is 1.15. The second-order valence-corrected chi connectivity index (χ2v) is 8.91. The van der Waals surface area contributed by atoms with Gasteiger partial charge in [0.05, 0.1) is 16.6 Å². The van der Waals surface area contributed by atoms with Crippen molar-refractivity contribution in [2.45, 2.75) is 37.0 Å². The maximum absolute atomic E-state index is 12.2. The van der Waals surface area contributed by atoms with E-state index in [1.54, 1.807) is 25.1 Å². The van der Waals surface area contributed by atoms with Gasteiger partial charge in [0.1, 0.15) is 5.52 Å². The minimum atomic E-state index is -3.26. The third kappa shape index (κ3) is 2.70. The maximum atomic E-state index is 12.2. The summed E-state index contributed by atoms with van der Waals surface area (Å²) in [6, 6.07) is 4.80. The van der Waals surface area contributed by atoms with E-state index < -0.39 is 9.84 Å². The molecule has 1 amide bonds. The van der Waals surface area contributed by atoms with E-state index in [2.05, 4.69) is 4.98 Å². The standard InChI is InChI=1S/C17H20N2O4S/c1-2-24(21,22)13-5-6-15-14(9-13)18-16(23-15)12-7-8-19(10-12)17(20)11-3-4-11/h5-6,9,11-12H,2-4,7-8,10H2,1H3/t12-/m1/s1. The minimum Gasteiger partial charge on any atom is -0.440 e. The summed E-state index contributed by atoms with van der Waals surface area (Å²) in [5, 5.41) is 0. The molecule has 0 N–H and O–H groups in total. The number of rotatable bonds is 4. The molecule has 1 aromatic heterocycles. The lowest BCUT2D eigenvalue weighted by molar-refractivity contribution is -0.131. The Morgan fingerprint density at radius 1 is 1.33 bits per heavy atom. The average Bonchev–Trinajstić information content (AvgIpc) is 3.15. The van der Waals surface area contributed by atoms with Crippen molar-refractivity contribution < 1.29 is 17.6 Å². The molecule has 24 heavy (non-hydrogen) atoms. The number of hydrogen-bond acceptors (Lipinski definition) is 5. The first-order chi connectivity index (χ1) is 11.5. The smallest absolute Gasteiger partial charge is 0.225 e. The van der Waals surface area contributed by atoms with Crippen LogP contribution in [-0.4, -0.2) is 43.1 Å². The fourth-order valence-corrected chi connectivity index (χ4v) is 4.11. The van der Waals surface area contributed by atoms with Crippen molar-refractivity contribution in [2.24, 2.45) is 5.92 Å². The van der Waals surface area contributed by atoms with E-state index in [0.717, 1.165) is 25.8 Å². The zero-order valence-corrected chi connectivity index (χ0v) is 14.4. The number of nitrogens with zero attached hydrogens (tertiary/aromatic N) is 2. The summed E-state index contributed by atoms with van der Waals surface area (Å²) in [4.78, 5) is 18.8. The maximum Gasteiger partial charge on any atom is 0.225 e. The minimum absolute atomic E-state index is 0.0596. The van der Waals surface area contributed by atoms with E-state index in [9.17, 15) is 13.2 Å². The molecule has 0 radical (unpaired) electrons. The van der Waals surface area contributed by atoms with Crippen molar-refractivity contribution in [3.63, 3.8) is 0 Å². The lowest BCUT2D eigenvalue weighted by Crippen LogP contribution is -2.29. The van der Waals surface area contributed by atoms with E-state index in [1.807, 2.05) is 4.90 Å². The van der Waals surface area contributed by atoms with Gasteiger partial charge in [0.2, 0.25) is 5.91 Å². The molecule has 0 unspecified atom stereocenters. The van der Waals surface area contributed by atoms with Gasteiger partial charge in [-0.3, -0.25) is 4.79 Å². The monoisotopic (exact) mass is 348 g/mol. The first-order valence-electron chi connectivity index (χ1n) is 8.40. The van der Waals surface area contributed by atoms with Crippen LogP contribution in [-0.2, 0) is 14.6 Å². The van der Waals surface area contributed by atoms with Gasteiger partial charge >= 0.3 is 0 Å². The highest BCUT2D eigenvalue weighted by molar-refractivity contribution is 7.91. The van der Waals surface area contributed by atoms with Gasteiger partial charge in [0, 0.05) is 19.0 Å². The van der Waals surface area contributed by atoms with Crippen LogP contribution in [0.5, 0.6) is 0 Å². The normalized spacial score (nSPS) is 21.5. The van der Waals surface area contributed by atoms with E-state index in [-0.39, 0.29) is 28.4 Å². The molecular formula is C17H20N2O4S. The fraction of sp³-hybridized carbons (Fsp3) is 0.529. The van der Waals surface area contributed by atoms with E-state index in [1.165, 1.54) is 0 Å². The molecule has 7 heteroatoms. The molecule has 1 saturated heterocycles. The number of amides is 1. The van der Waals surface area contributed by atoms with Gasteiger partial charge in [-0.15, -0.1) is 0 Å². The van der Waals surface area contributed by atoms with E-state index >= 15 is 0 Å². The Labute approximate surface area is 140 Å². The topological polar surface area (TPSA) is 80.5 Å². The van der Waals surface area contributed by atoms with Crippen LogP contribution in [0.15, 0.2) is 27.5 Å². The highest BCUT2D eigenvalue weighted by Gasteiger charge is 2.38. The van der Waals surface area contributed by atoms with Crippen molar-refractivity contribution in [1.82, 2.24) is 9.88 Å². The van der Waals surface area contributed by atoms with Crippen LogP contribution >= 0.6 is 0 Å². The van der Waals surface area contributed by atoms with Crippen molar-refractivity contribution >= 4 is 26.8 Å². The summed E-state index contributed by atoms with van der Waals surface area (Å²) >= 11 is 0. The molecule has 4 rings (SSSR count). The summed E-state index contributed by atoms with van der Waals surface area (Å²) in [6.45, 7) is 3.01. The molecular weight excluding hydrogens is 328 g/mol. The Morgan fingerprint density at radius 3 is 2.83 bits per heavy atom. The van der Waals surface area contributed by atoms with Gasteiger partial charge in [-0.25, -0.2) is 13.4 Å². The molecule has 0 bridgehead atoms. The van der Waals surface area contributed by atoms with Gasteiger partial charge in [0.15, 0.2) is 21.3 Å². The van der Waals surface area contributed by atoms with Gasteiger partial charge < -0.3 is 9.32 Å². The van der Waals surface area contributed by atoms with Gasteiger partial charge in [-0.2, -0.15) is 0 Å². The predicted octanol–water partition coefficient (Wildman–Crippen LogP) is 2.35. The molecule has 2 heterocycles. The summed E-state index contributed by atoms with van der Waals surface area (Å²) in [5.74, 6) is 1.23. The molecule has 1 saturated carbocycles. The summed E-state index contributed by atoms with van der Waals surface area (Å²) in [7, 11) is -3.26. The van der Waals surface area contributed by atoms with E-state index in [4.69, 9.17) is 4.42 Å². The molecule has 0 spiro atoms. The zero-order chi connectivity index (χ0) is 16.9. The number of fused-ring (bicyclic) bond motifs is 1.